The van der Waals surface area contributed by atoms with E-state index in [-0.39, 0.29) is 23.5 Å². The fraction of sp³-hybridized carbons (Fsp3) is 0.552. The molecule has 7 nitrogen and oxygen atoms in total. The van der Waals surface area contributed by atoms with Crippen molar-refractivity contribution in [1.82, 2.24) is 9.80 Å². The van der Waals surface area contributed by atoms with E-state index in [1.807, 2.05) is 17.0 Å². The van der Waals surface area contributed by atoms with Crippen LogP contribution in [0.4, 0.5) is 0 Å². The van der Waals surface area contributed by atoms with Gasteiger partial charge < -0.3 is 28.8 Å². The van der Waals surface area contributed by atoms with Crippen molar-refractivity contribution in [3.05, 3.63) is 47.4 Å². The molecule has 3 heterocycles. The molecule has 36 heavy (non-hydrogen) atoms. The number of hydrogen-bond donors (Lipinski definition) is 1. The number of nitrogens with zero attached hydrogens (tertiary/aromatic N) is 2. The van der Waals surface area contributed by atoms with Gasteiger partial charge in [-0.3, -0.25) is 4.79 Å². The summed E-state index contributed by atoms with van der Waals surface area (Å²) in [5.74, 6) is 2.41. The molecule has 1 amide bonds. The first-order valence-corrected chi connectivity index (χ1v) is 13.2. The minimum atomic E-state index is -0.223. The Bertz CT molecular complexity index is 1190. The Labute approximate surface area is 212 Å². The fourth-order valence-corrected chi connectivity index (χ4v) is 7.65. The van der Waals surface area contributed by atoms with E-state index in [1.165, 1.54) is 0 Å². The molecule has 2 aliphatic heterocycles. The van der Waals surface area contributed by atoms with Gasteiger partial charge in [0, 0.05) is 46.8 Å². The summed E-state index contributed by atoms with van der Waals surface area (Å²) in [6, 6.07) is 3.86. The molecule has 5 atom stereocenters. The molecule has 0 unspecified atom stereocenters. The first kappa shape index (κ1) is 23.5. The number of likely N-dealkylation sites (tertiary alicyclic amines) is 1. The van der Waals surface area contributed by atoms with Gasteiger partial charge in [0.2, 0.25) is 5.91 Å². The largest absolute Gasteiger partial charge is 0.508 e. The lowest BCUT2D eigenvalue weighted by Gasteiger charge is -2.60. The van der Waals surface area contributed by atoms with Crippen molar-refractivity contribution >= 4 is 12.0 Å². The van der Waals surface area contributed by atoms with Crippen LogP contribution in [-0.4, -0.2) is 66.2 Å². The second-order valence-electron chi connectivity index (χ2n) is 11.4. The van der Waals surface area contributed by atoms with Crippen LogP contribution in [0.1, 0.15) is 49.8 Å². The number of piperidine rings is 1. The monoisotopic (exact) mass is 492 g/mol. The number of benzene rings is 1. The predicted octanol–water partition coefficient (Wildman–Crippen LogP) is 4.23. The van der Waals surface area contributed by atoms with Crippen LogP contribution >= 0.6 is 0 Å². The summed E-state index contributed by atoms with van der Waals surface area (Å²) in [6.07, 6.45) is 10.3. The van der Waals surface area contributed by atoms with Crippen molar-refractivity contribution in [2.24, 2.45) is 11.8 Å². The molecular formula is C29H36N2O5. The van der Waals surface area contributed by atoms with E-state index in [9.17, 15) is 9.90 Å². The van der Waals surface area contributed by atoms with Crippen LogP contribution in [0.15, 0.2) is 35.2 Å². The minimum absolute atomic E-state index is 0.000344. The van der Waals surface area contributed by atoms with Crippen LogP contribution < -0.4 is 9.47 Å². The van der Waals surface area contributed by atoms with E-state index in [1.54, 1.807) is 31.8 Å². The summed E-state index contributed by atoms with van der Waals surface area (Å²) < 4.78 is 17.7. The summed E-state index contributed by atoms with van der Waals surface area (Å²) in [4.78, 5) is 18.2. The molecule has 192 valence electrons. The number of ether oxygens (including phenoxy) is 2. The number of furan rings is 1. The van der Waals surface area contributed by atoms with Gasteiger partial charge in [0.05, 0.1) is 25.7 Å². The molecule has 0 radical (unpaired) electrons. The molecule has 1 saturated carbocycles. The summed E-state index contributed by atoms with van der Waals surface area (Å²) in [5, 5.41) is 11.0. The SMILES string of the molecule is COc1cc(O)c2c3c1O[C@H]1[C@@H](N(CC(C)C)C(=O)/C=C/c4ccoc4)CC[C@H]4[C@@H](C2)N(C)CC[C@@]341. The van der Waals surface area contributed by atoms with Crippen LogP contribution in [0.3, 0.4) is 0 Å². The third kappa shape index (κ3) is 3.31. The fourth-order valence-electron chi connectivity index (χ4n) is 7.65. The maximum absolute atomic E-state index is 13.7. The zero-order chi connectivity index (χ0) is 25.2. The van der Waals surface area contributed by atoms with Crippen molar-refractivity contribution in [1.29, 1.82) is 0 Å². The Morgan fingerprint density at radius 3 is 2.94 bits per heavy atom. The predicted molar refractivity (Wildman–Crippen MR) is 136 cm³/mol. The second-order valence-corrected chi connectivity index (χ2v) is 11.4. The van der Waals surface area contributed by atoms with E-state index in [0.29, 0.717) is 35.9 Å². The maximum Gasteiger partial charge on any atom is 0.246 e. The lowest BCUT2D eigenvalue weighted by Crippen LogP contribution is -2.68. The maximum atomic E-state index is 13.7. The van der Waals surface area contributed by atoms with Gasteiger partial charge in [0.15, 0.2) is 11.5 Å². The number of hydrogen-bond acceptors (Lipinski definition) is 6. The van der Waals surface area contributed by atoms with Gasteiger partial charge in [0.1, 0.15) is 11.9 Å². The number of carbonyl (C=O) groups excluding carboxylic acids is 1. The molecule has 2 fully saturated rings. The Kier molecular flexibility index (Phi) is 5.59. The van der Waals surface area contributed by atoms with Gasteiger partial charge in [-0.1, -0.05) is 13.8 Å². The third-order valence-corrected chi connectivity index (χ3v) is 9.08. The van der Waals surface area contributed by atoms with Crippen molar-refractivity contribution in [2.45, 2.75) is 63.1 Å². The minimum Gasteiger partial charge on any atom is -0.508 e. The average Bonchev–Trinajstić information content (AvgIpc) is 3.50. The lowest BCUT2D eigenvalue weighted by atomic mass is 9.51. The van der Waals surface area contributed by atoms with E-state index < -0.39 is 0 Å². The number of rotatable bonds is 6. The van der Waals surface area contributed by atoms with Gasteiger partial charge in [0.25, 0.3) is 0 Å². The number of amides is 1. The van der Waals surface area contributed by atoms with Gasteiger partial charge in [-0.15, -0.1) is 0 Å². The molecule has 2 bridgehead atoms. The van der Waals surface area contributed by atoms with Crippen molar-refractivity contribution in [3.8, 4) is 17.2 Å². The number of phenols is 1. The second kappa shape index (κ2) is 8.58. The van der Waals surface area contributed by atoms with Gasteiger partial charge in [-0.25, -0.2) is 0 Å². The van der Waals surface area contributed by atoms with Crippen LogP contribution in [-0.2, 0) is 16.6 Å². The quantitative estimate of drug-likeness (QED) is 0.609. The smallest absolute Gasteiger partial charge is 0.246 e. The zero-order valence-electron chi connectivity index (χ0n) is 21.6. The highest BCUT2D eigenvalue weighted by molar-refractivity contribution is 5.92. The average molecular weight is 493 g/mol. The lowest BCUT2D eigenvalue weighted by molar-refractivity contribution is -0.138. The highest BCUT2D eigenvalue weighted by Gasteiger charge is 2.66. The molecule has 6 rings (SSSR count). The van der Waals surface area contributed by atoms with Gasteiger partial charge in [-0.05, 0) is 63.3 Å². The van der Waals surface area contributed by atoms with Crippen LogP contribution in [0.5, 0.6) is 17.2 Å². The normalized spacial score (nSPS) is 30.4. The number of phenolic OH excluding ortho intramolecular Hbond substituents is 1. The highest BCUT2D eigenvalue weighted by Crippen LogP contribution is 2.65. The van der Waals surface area contributed by atoms with E-state index >= 15 is 0 Å². The molecule has 2 aliphatic carbocycles. The van der Waals surface area contributed by atoms with Crippen molar-refractivity contribution in [3.63, 3.8) is 0 Å². The molecule has 1 spiro atoms. The van der Waals surface area contributed by atoms with Crippen LogP contribution in [0.25, 0.3) is 6.08 Å². The van der Waals surface area contributed by atoms with E-state index in [4.69, 9.17) is 13.9 Å². The van der Waals surface area contributed by atoms with Gasteiger partial charge >= 0.3 is 0 Å². The number of aromatic hydroxyl groups is 1. The summed E-state index contributed by atoms with van der Waals surface area (Å²) in [5.41, 5.74) is 2.80. The van der Waals surface area contributed by atoms with Crippen LogP contribution in [0, 0.1) is 11.8 Å². The zero-order valence-corrected chi connectivity index (χ0v) is 21.6. The first-order valence-electron chi connectivity index (χ1n) is 13.2. The Hall–Kier alpha value is -2.93. The molecule has 1 aromatic carbocycles. The molecule has 2 aromatic rings. The molecule has 1 aromatic heterocycles. The van der Waals surface area contributed by atoms with E-state index in [0.717, 1.165) is 54.7 Å². The Balaban J connectivity index is 1.44. The summed E-state index contributed by atoms with van der Waals surface area (Å²) >= 11 is 0. The highest BCUT2D eigenvalue weighted by atomic mass is 16.5. The Morgan fingerprint density at radius 1 is 1.39 bits per heavy atom. The molecule has 1 saturated heterocycles. The molecular weight excluding hydrogens is 456 g/mol. The number of carbonyl (C=O) groups is 1. The molecule has 4 aliphatic rings. The molecule has 7 heteroatoms. The standard InChI is InChI=1S/C29H36N2O5/c1-17(2)15-31(25(33)8-5-18-9-12-35-16-18)21-7-6-20-22-13-19-23(32)14-24(34-4)27-26(19)29(20,28(21)36-27)10-11-30(22)3/h5,8-9,12,14,16-17,20-22,28,32H,6-7,10-11,13,15H2,1-4H3/b8-5+/t20-,21-,22+,28-,29-/m0/s1. The molecule has 1 N–H and O–H groups in total. The topological polar surface area (TPSA) is 75.4 Å². The van der Waals surface area contributed by atoms with Crippen molar-refractivity contribution in [2.75, 3.05) is 27.2 Å². The number of methoxy groups -OCH3 is 1. The van der Waals surface area contributed by atoms with Crippen molar-refractivity contribution < 1.29 is 23.8 Å². The summed E-state index contributed by atoms with van der Waals surface area (Å²) in [7, 11) is 3.83. The first-order chi connectivity index (χ1) is 17.3. The van der Waals surface area contributed by atoms with Crippen LogP contribution in [0.2, 0.25) is 0 Å². The van der Waals surface area contributed by atoms with E-state index in [2.05, 4.69) is 25.8 Å². The Morgan fingerprint density at radius 2 is 2.22 bits per heavy atom. The third-order valence-electron chi connectivity index (χ3n) is 9.08. The summed E-state index contributed by atoms with van der Waals surface area (Å²) in [6.45, 7) is 5.94. The number of likely N-dealkylation sites (N-methyl/N-ethyl adjacent to an activating group) is 1. The van der Waals surface area contributed by atoms with Gasteiger partial charge in [-0.2, -0.15) is 0 Å².